The van der Waals surface area contributed by atoms with Gasteiger partial charge in [0.2, 0.25) is 5.71 Å². The first-order valence-electron chi connectivity index (χ1n) is 15.1. The van der Waals surface area contributed by atoms with Gasteiger partial charge in [0, 0.05) is 44.4 Å². The minimum atomic E-state index is 0.543. The molecule has 0 aliphatic carbocycles. The van der Waals surface area contributed by atoms with Crippen LogP contribution in [0.25, 0.3) is 99.7 Å². The second-order valence-corrected chi connectivity index (χ2v) is 11.4. The number of hydrogen-bond donors (Lipinski definition) is 0. The van der Waals surface area contributed by atoms with Crippen molar-refractivity contribution in [2.45, 2.75) is 0 Å². The van der Waals surface area contributed by atoms with Crippen molar-refractivity contribution in [3.8, 4) is 34.2 Å². The fourth-order valence-electron chi connectivity index (χ4n) is 6.65. The molecule has 0 atom stereocenters. The van der Waals surface area contributed by atoms with Crippen LogP contribution in [0.3, 0.4) is 0 Å². The van der Waals surface area contributed by atoms with Gasteiger partial charge < -0.3 is 8.83 Å². The van der Waals surface area contributed by atoms with Gasteiger partial charge in [-0.15, -0.1) is 0 Å². The lowest BCUT2D eigenvalue weighted by molar-refractivity contribution is 0.657. The monoisotopic (exact) mass is 590 g/mol. The van der Waals surface area contributed by atoms with Crippen LogP contribution < -0.4 is 0 Å². The Morgan fingerprint density at radius 2 is 1.13 bits per heavy atom. The molecule has 46 heavy (non-hydrogen) atoms. The molecule has 0 fully saturated rings. The summed E-state index contributed by atoms with van der Waals surface area (Å²) in [7, 11) is 0. The summed E-state index contributed by atoms with van der Waals surface area (Å²) >= 11 is 0. The van der Waals surface area contributed by atoms with Gasteiger partial charge in [0.25, 0.3) is 0 Å². The van der Waals surface area contributed by atoms with E-state index >= 15 is 0 Å². The zero-order chi connectivity index (χ0) is 30.2. The molecule has 0 aliphatic rings. The van der Waals surface area contributed by atoms with E-state index in [4.69, 9.17) is 23.8 Å². The molecule has 10 rings (SSSR count). The zero-order valence-corrected chi connectivity index (χ0v) is 24.3. The molecule has 0 bridgehead atoms. The summed E-state index contributed by atoms with van der Waals surface area (Å²) < 4.78 is 12.6. The third kappa shape index (κ3) is 3.70. The van der Waals surface area contributed by atoms with E-state index in [1.165, 1.54) is 0 Å². The molecule has 0 saturated heterocycles. The number of nitrogens with zero attached hydrogens (tertiary/aromatic N) is 4. The van der Waals surface area contributed by atoms with Crippen molar-refractivity contribution >= 4 is 65.6 Å². The van der Waals surface area contributed by atoms with E-state index in [-0.39, 0.29) is 0 Å². The first-order chi connectivity index (χ1) is 22.8. The number of aromatic nitrogens is 4. The maximum atomic E-state index is 6.41. The molecule has 10 aromatic rings. The molecule has 0 aliphatic heterocycles. The number of furan rings is 2. The average molecular weight is 591 g/mol. The smallest absolute Gasteiger partial charge is 0.228 e. The van der Waals surface area contributed by atoms with Crippen LogP contribution in [0.1, 0.15) is 0 Å². The van der Waals surface area contributed by atoms with Crippen molar-refractivity contribution in [3.63, 3.8) is 0 Å². The summed E-state index contributed by atoms with van der Waals surface area (Å²) in [5.41, 5.74) is 5.55. The summed E-state index contributed by atoms with van der Waals surface area (Å²) in [6.45, 7) is 0. The summed E-state index contributed by atoms with van der Waals surface area (Å²) in [4.78, 5) is 20.0. The minimum Gasteiger partial charge on any atom is -0.456 e. The standard InChI is InChI=1S/C40H22N4O2/c1-2-10-25-22-26(17-16-23(25)8-1)37-42-38(30-13-7-15-33-34(30)28-12-5-6-14-32(28)45-33)44-39(43-37)31-20-21-41-40-35(31)29-19-18-24-9-3-4-11-27(24)36(29)46-40/h1-22H. The molecule has 6 heteroatoms. The lowest BCUT2D eigenvalue weighted by Crippen LogP contribution is -2.01. The maximum Gasteiger partial charge on any atom is 0.228 e. The first kappa shape index (κ1) is 25.0. The SMILES string of the molecule is c1ccc2cc(-c3nc(-c4cccc5oc6ccccc6c45)nc(-c4ccnc5oc6c7ccccc7ccc6c45)n3)ccc2c1. The van der Waals surface area contributed by atoms with Gasteiger partial charge >= 0.3 is 0 Å². The second kappa shape index (κ2) is 9.55. The number of para-hydroxylation sites is 1. The van der Waals surface area contributed by atoms with E-state index in [1.807, 2.05) is 60.7 Å². The van der Waals surface area contributed by atoms with Crippen molar-refractivity contribution in [1.82, 2.24) is 19.9 Å². The Balaban J connectivity index is 1.28. The Morgan fingerprint density at radius 1 is 0.435 bits per heavy atom. The van der Waals surface area contributed by atoms with Crippen LogP contribution in [0.2, 0.25) is 0 Å². The summed E-state index contributed by atoms with van der Waals surface area (Å²) in [6, 6.07) is 43.1. The molecule has 6 aromatic carbocycles. The largest absolute Gasteiger partial charge is 0.456 e. The minimum absolute atomic E-state index is 0.543. The first-order valence-corrected chi connectivity index (χ1v) is 15.1. The summed E-state index contributed by atoms with van der Waals surface area (Å²) in [5.74, 6) is 1.69. The van der Waals surface area contributed by atoms with Crippen molar-refractivity contribution < 1.29 is 8.83 Å². The molecule has 0 spiro atoms. The van der Waals surface area contributed by atoms with Crippen LogP contribution in [0.15, 0.2) is 142 Å². The van der Waals surface area contributed by atoms with Crippen LogP contribution in [-0.2, 0) is 0 Å². The predicted molar refractivity (Wildman–Crippen MR) is 183 cm³/mol. The van der Waals surface area contributed by atoms with Crippen LogP contribution in [-0.4, -0.2) is 19.9 Å². The molecule has 6 nitrogen and oxygen atoms in total. The highest BCUT2D eigenvalue weighted by atomic mass is 16.3. The molecule has 0 saturated carbocycles. The molecule has 0 N–H and O–H groups in total. The van der Waals surface area contributed by atoms with Crippen molar-refractivity contribution in [2.75, 3.05) is 0 Å². The van der Waals surface area contributed by atoms with Gasteiger partial charge in [0.15, 0.2) is 17.5 Å². The highest BCUT2D eigenvalue weighted by Gasteiger charge is 2.21. The lowest BCUT2D eigenvalue weighted by atomic mass is 10.0. The Labute approximate surface area is 261 Å². The topological polar surface area (TPSA) is 77.8 Å². The third-order valence-corrected chi connectivity index (χ3v) is 8.79. The zero-order valence-electron chi connectivity index (χ0n) is 24.3. The van der Waals surface area contributed by atoms with E-state index in [9.17, 15) is 0 Å². The Hall–Kier alpha value is -6.40. The van der Waals surface area contributed by atoms with Crippen LogP contribution >= 0.6 is 0 Å². The van der Waals surface area contributed by atoms with Crippen LogP contribution in [0.4, 0.5) is 0 Å². The highest BCUT2D eigenvalue weighted by Crippen LogP contribution is 2.40. The van der Waals surface area contributed by atoms with E-state index < -0.39 is 0 Å². The number of hydrogen-bond acceptors (Lipinski definition) is 6. The van der Waals surface area contributed by atoms with Crippen molar-refractivity contribution in [3.05, 3.63) is 134 Å². The number of pyridine rings is 1. The Bertz CT molecular complexity index is 2830. The Morgan fingerprint density at radius 3 is 2.02 bits per heavy atom. The van der Waals surface area contributed by atoms with E-state index in [2.05, 4.69) is 71.7 Å². The predicted octanol–water partition coefficient (Wildman–Crippen LogP) is 10.4. The molecule has 4 aromatic heterocycles. The highest BCUT2D eigenvalue weighted by molar-refractivity contribution is 6.18. The molecular weight excluding hydrogens is 568 g/mol. The van der Waals surface area contributed by atoms with Gasteiger partial charge in [-0.1, -0.05) is 97.1 Å². The third-order valence-electron chi connectivity index (χ3n) is 8.79. The summed E-state index contributed by atoms with van der Waals surface area (Å²) in [5, 5.41) is 8.24. The van der Waals surface area contributed by atoms with Gasteiger partial charge in [0.05, 0.1) is 5.39 Å². The van der Waals surface area contributed by atoms with Crippen LogP contribution in [0, 0.1) is 0 Å². The normalized spacial score (nSPS) is 11.9. The van der Waals surface area contributed by atoms with Crippen molar-refractivity contribution in [2.24, 2.45) is 0 Å². The Kier molecular flexibility index (Phi) is 5.19. The van der Waals surface area contributed by atoms with E-state index in [0.717, 1.165) is 76.5 Å². The van der Waals surface area contributed by atoms with Gasteiger partial charge in [0.1, 0.15) is 16.7 Å². The van der Waals surface area contributed by atoms with Crippen molar-refractivity contribution in [1.29, 1.82) is 0 Å². The molecule has 214 valence electrons. The molecule has 4 heterocycles. The van der Waals surface area contributed by atoms with Gasteiger partial charge in [-0.2, -0.15) is 0 Å². The fourth-order valence-corrected chi connectivity index (χ4v) is 6.65. The lowest BCUT2D eigenvalue weighted by Gasteiger charge is -2.10. The van der Waals surface area contributed by atoms with Crippen LogP contribution in [0.5, 0.6) is 0 Å². The van der Waals surface area contributed by atoms with Gasteiger partial charge in [-0.3, -0.25) is 0 Å². The van der Waals surface area contributed by atoms with E-state index in [1.54, 1.807) is 6.20 Å². The number of fused-ring (bicyclic) bond motifs is 9. The second-order valence-electron chi connectivity index (χ2n) is 11.4. The van der Waals surface area contributed by atoms with Gasteiger partial charge in [-0.05, 0) is 46.5 Å². The summed E-state index contributed by atoms with van der Waals surface area (Å²) in [6.07, 6.45) is 1.76. The van der Waals surface area contributed by atoms with Gasteiger partial charge in [-0.25, -0.2) is 19.9 Å². The molecular formula is C40H22N4O2. The average Bonchev–Trinajstić information content (AvgIpc) is 3.70. The maximum absolute atomic E-state index is 6.41. The molecule has 0 unspecified atom stereocenters. The molecule has 0 amide bonds. The number of benzene rings is 6. The molecule has 0 radical (unpaired) electrons. The van der Waals surface area contributed by atoms with E-state index in [0.29, 0.717) is 23.2 Å². The fraction of sp³-hybridized carbons (Fsp3) is 0. The quantitative estimate of drug-likeness (QED) is 0.204. The number of rotatable bonds is 3.